The van der Waals surface area contributed by atoms with Gasteiger partial charge in [-0.2, -0.15) is 22.6 Å². The van der Waals surface area contributed by atoms with Crippen LogP contribution in [-0.4, -0.2) is 49.7 Å². The number of halogens is 3. The number of nitrogens with zero attached hydrogens (tertiary/aromatic N) is 2. The molecule has 110 valence electrons. The van der Waals surface area contributed by atoms with Crippen molar-refractivity contribution in [3.05, 3.63) is 11.3 Å². The van der Waals surface area contributed by atoms with E-state index in [-0.39, 0.29) is 15.9 Å². The Morgan fingerprint density at radius 1 is 1.42 bits per heavy atom. The molecule has 0 radical (unpaired) electrons. The lowest BCUT2D eigenvalue weighted by Crippen LogP contribution is -2.36. The Balaban J connectivity index is 3.13. The molecular weight excluding hydrogens is 285 g/mol. The summed E-state index contributed by atoms with van der Waals surface area (Å²) in [5, 5.41) is 8.43. The van der Waals surface area contributed by atoms with Gasteiger partial charge in [-0.3, -0.25) is 5.10 Å². The minimum Gasteiger partial charge on any atom is -0.316 e. The number of sulfonamides is 1. The van der Waals surface area contributed by atoms with Crippen molar-refractivity contribution < 1.29 is 21.6 Å². The lowest BCUT2D eigenvalue weighted by Gasteiger charge is -2.18. The number of hydrogen-bond acceptors (Lipinski definition) is 4. The molecule has 1 aromatic rings. The first-order chi connectivity index (χ1) is 8.59. The third kappa shape index (κ3) is 3.67. The average molecular weight is 300 g/mol. The fourth-order valence-corrected chi connectivity index (χ4v) is 2.82. The quantitative estimate of drug-likeness (QED) is 0.835. The molecular formula is C9H15F3N4O2S. The molecule has 1 rings (SSSR count). The largest absolute Gasteiger partial charge is 0.402 e. The van der Waals surface area contributed by atoms with Crippen molar-refractivity contribution in [3.63, 3.8) is 0 Å². The fraction of sp³-hybridized carbons (Fsp3) is 0.667. The number of alkyl halides is 3. The summed E-state index contributed by atoms with van der Waals surface area (Å²) in [4.78, 5) is 0. The highest BCUT2D eigenvalue weighted by atomic mass is 32.2. The maximum Gasteiger partial charge on any atom is 0.402 e. The Morgan fingerprint density at radius 2 is 2.00 bits per heavy atom. The van der Waals surface area contributed by atoms with Crippen LogP contribution >= 0.6 is 0 Å². The van der Waals surface area contributed by atoms with Gasteiger partial charge in [0.2, 0.25) is 0 Å². The summed E-state index contributed by atoms with van der Waals surface area (Å²) in [7, 11) is -1.80. The summed E-state index contributed by atoms with van der Waals surface area (Å²) in [6.45, 7) is 0.236. The summed E-state index contributed by atoms with van der Waals surface area (Å²) >= 11 is 0. The summed E-state index contributed by atoms with van der Waals surface area (Å²) in [6, 6.07) is 0. The normalized spacial score (nSPS) is 13.2. The van der Waals surface area contributed by atoms with Gasteiger partial charge in [-0.25, -0.2) is 8.42 Å². The molecule has 0 saturated carbocycles. The van der Waals surface area contributed by atoms with Crippen molar-refractivity contribution in [1.82, 2.24) is 19.8 Å². The lowest BCUT2D eigenvalue weighted by molar-refractivity contribution is -0.134. The van der Waals surface area contributed by atoms with Gasteiger partial charge >= 0.3 is 6.18 Å². The number of hydrogen-bond donors (Lipinski definition) is 2. The Hall–Kier alpha value is -1.13. The van der Waals surface area contributed by atoms with Crippen molar-refractivity contribution in [2.45, 2.75) is 24.7 Å². The molecule has 0 aliphatic rings. The lowest BCUT2D eigenvalue weighted by atomic mass is 10.3. The summed E-state index contributed by atoms with van der Waals surface area (Å²) in [6.07, 6.45) is -4.60. The van der Waals surface area contributed by atoms with Gasteiger partial charge in [0.1, 0.15) is 6.54 Å². The Morgan fingerprint density at radius 3 is 2.47 bits per heavy atom. The van der Waals surface area contributed by atoms with Crippen LogP contribution in [0, 0.1) is 6.92 Å². The summed E-state index contributed by atoms with van der Waals surface area (Å²) < 4.78 is 61.1. The second-order valence-electron chi connectivity index (χ2n) is 4.04. The van der Waals surface area contributed by atoms with Crippen LogP contribution in [0.1, 0.15) is 11.3 Å². The smallest absolute Gasteiger partial charge is 0.316 e. The molecule has 1 heterocycles. The van der Waals surface area contributed by atoms with Gasteiger partial charge in [0.15, 0.2) is 5.03 Å². The zero-order valence-corrected chi connectivity index (χ0v) is 11.5. The summed E-state index contributed by atoms with van der Waals surface area (Å²) in [5.74, 6) is 0. The zero-order valence-electron chi connectivity index (χ0n) is 10.7. The van der Waals surface area contributed by atoms with E-state index in [4.69, 9.17) is 0 Å². The van der Waals surface area contributed by atoms with Gasteiger partial charge in [0.25, 0.3) is 10.0 Å². The van der Waals surface area contributed by atoms with Crippen molar-refractivity contribution in [2.24, 2.45) is 0 Å². The first kappa shape index (κ1) is 15.9. The van der Waals surface area contributed by atoms with Crippen LogP contribution in [0.4, 0.5) is 13.2 Å². The topological polar surface area (TPSA) is 78.1 Å². The maximum atomic E-state index is 12.3. The van der Waals surface area contributed by atoms with Crippen LogP contribution in [0.25, 0.3) is 0 Å². The monoisotopic (exact) mass is 300 g/mol. The SMILES string of the molecule is CNCc1c(S(=O)(=O)N(C)CC(F)(F)F)n[nH]c1C. The van der Waals surface area contributed by atoms with Gasteiger partial charge < -0.3 is 5.32 Å². The van der Waals surface area contributed by atoms with E-state index in [9.17, 15) is 21.6 Å². The number of aromatic nitrogens is 2. The van der Waals surface area contributed by atoms with E-state index in [1.165, 1.54) is 0 Å². The molecule has 0 aliphatic heterocycles. The van der Waals surface area contributed by atoms with Gasteiger partial charge in [0, 0.05) is 24.8 Å². The van der Waals surface area contributed by atoms with Crippen LogP contribution in [0.5, 0.6) is 0 Å². The minimum atomic E-state index is -4.60. The number of H-pyrrole nitrogens is 1. The first-order valence-corrected chi connectivity index (χ1v) is 6.75. The third-order valence-electron chi connectivity index (χ3n) is 2.45. The predicted octanol–water partition coefficient (Wildman–Crippen LogP) is 0.620. The van der Waals surface area contributed by atoms with E-state index in [2.05, 4.69) is 15.5 Å². The molecule has 0 aromatic carbocycles. The molecule has 0 unspecified atom stereocenters. The van der Waals surface area contributed by atoms with Crippen LogP contribution in [0.2, 0.25) is 0 Å². The number of aryl methyl sites for hydroxylation is 1. The molecule has 19 heavy (non-hydrogen) atoms. The molecule has 0 atom stereocenters. The highest BCUT2D eigenvalue weighted by Gasteiger charge is 2.36. The molecule has 0 amide bonds. The van der Waals surface area contributed by atoms with Crippen LogP contribution in [-0.2, 0) is 16.6 Å². The molecule has 0 saturated heterocycles. The highest BCUT2D eigenvalue weighted by Crippen LogP contribution is 2.23. The number of rotatable bonds is 5. The Labute approximate surface area is 109 Å². The van der Waals surface area contributed by atoms with Crippen molar-refractivity contribution >= 4 is 10.0 Å². The van der Waals surface area contributed by atoms with Crippen molar-refractivity contribution in [3.8, 4) is 0 Å². The van der Waals surface area contributed by atoms with Gasteiger partial charge in [-0.15, -0.1) is 0 Å². The highest BCUT2D eigenvalue weighted by molar-refractivity contribution is 7.89. The predicted molar refractivity (Wildman–Crippen MR) is 62.0 cm³/mol. The molecule has 0 fully saturated rings. The molecule has 2 N–H and O–H groups in total. The maximum absolute atomic E-state index is 12.3. The fourth-order valence-electron chi connectivity index (χ4n) is 1.51. The minimum absolute atomic E-state index is 0.191. The molecule has 0 bridgehead atoms. The third-order valence-corrected chi connectivity index (χ3v) is 4.22. The van der Waals surface area contributed by atoms with E-state index < -0.39 is 22.7 Å². The van der Waals surface area contributed by atoms with Crippen LogP contribution < -0.4 is 5.32 Å². The van der Waals surface area contributed by atoms with Crippen molar-refractivity contribution in [1.29, 1.82) is 0 Å². The van der Waals surface area contributed by atoms with Crippen LogP contribution in [0.15, 0.2) is 5.03 Å². The average Bonchev–Trinajstić information content (AvgIpc) is 2.59. The molecule has 10 heteroatoms. The summed E-state index contributed by atoms with van der Waals surface area (Å²) in [5.41, 5.74) is 0.824. The Bertz CT molecular complexity index is 538. The number of aromatic amines is 1. The molecule has 6 nitrogen and oxygen atoms in total. The molecule has 0 spiro atoms. The molecule has 1 aromatic heterocycles. The van der Waals surface area contributed by atoms with E-state index in [0.717, 1.165) is 7.05 Å². The second-order valence-corrected chi connectivity index (χ2v) is 6.00. The number of nitrogens with one attached hydrogen (secondary N) is 2. The first-order valence-electron chi connectivity index (χ1n) is 5.31. The Kier molecular flexibility index (Phi) is 4.59. The van der Waals surface area contributed by atoms with E-state index in [1.807, 2.05) is 0 Å². The zero-order chi connectivity index (χ0) is 14.8. The molecule has 0 aliphatic carbocycles. The van der Waals surface area contributed by atoms with Gasteiger partial charge in [-0.1, -0.05) is 0 Å². The van der Waals surface area contributed by atoms with Gasteiger partial charge in [0.05, 0.1) is 0 Å². The van der Waals surface area contributed by atoms with Crippen LogP contribution in [0.3, 0.4) is 0 Å². The standard InChI is InChI=1S/C9H15F3N4O2S/c1-6-7(4-13-2)8(15-14-6)19(17,18)16(3)5-9(10,11)12/h13H,4-5H2,1-3H3,(H,14,15). The van der Waals surface area contributed by atoms with E-state index >= 15 is 0 Å². The second kappa shape index (κ2) is 5.47. The van der Waals surface area contributed by atoms with E-state index in [0.29, 0.717) is 11.3 Å². The van der Waals surface area contributed by atoms with E-state index in [1.54, 1.807) is 14.0 Å². The van der Waals surface area contributed by atoms with Gasteiger partial charge in [-0.05, 0) is 14.0 Å². The van der Waals surface area contributed by atoms with Crippen molar-refractivity contribution in [2.75, 3.05) is 20.6 Å².